The SMILES string of the molecule is CC\C=C/C=C\C=C/CCCCCCCC(=O)OCC(COC(=O)CCCCCCCCC/C=C\C/C=C\CCCCC)OC(=O)CCCCCCC\C=C/C=C\C=C/CC. The summed E-state index contributed by atoms with van der Waals surface area (Å²) in [5, 5.41) is 0. The van der Waals surface area contributed by atoms with E-state index in [9.17, 15) is 14.4 Å². The van der Waals surface area contributed by atoms with Gasteiger partial charge in [-0.15, -0.1) is 0 Å². The average molecular weight is 847 g/mol. The Morgan fingerprint density at radius 1 is 0.361 bits per heavy atom. The van der Waals surface area contributed by atoms with E-state index in [2.05, 4.69) is 118 Å². The highest BCUT2D eigenvalue weighted by Crippen LogP contribution is 2.13. The Bertz CT molecular complexity index is 1250. The van der Waals surface area contributed by atoms with Crippen LogP contribution in [-0.2, 0) is 28.6 Å². The minimum atomic E-state index is -0.800. The second-order valence-electron chi connectivity index (χ2n) is 16.1. The fourth-order valence-electron chi connectivity index (χ4n) is 6.47. The summed E-state index contributed by atoms with van der Waals surface area (Å²) in [6, 6.07) is 0. The molecule has 0 aromatic rings. The van der Waals surface area contributed by atoms with Crippen molar-refractivity contribution in [2.24, 2.45) is 0 Å². The smallest absolute Gasteiger partial charge is 0.306 e. The molecule has 6 nitrogen and oxygen atoms in total. The predicted octanol–water partition coefficient (Wildman–Crippen LogP) is 16.2. The Morgan fingerprint density at radius 2 is 0.705 bits per heavy atom. The summed E-state index contributed by atoms with van der Waals surface area (Å²) in [5.74, 6) is -0.953. The second kappa shape index (κ2) is 49.0. The van der Waals surface area contributed by atoms with Crippen LogP contribution in [0.25, 0.3) is 0 Å². The predicted molar refractivity (Wildman–Crippen MR) is 260 cm³/mol. The zero-order valence-corrected chi connectivity index (χ0v) is 39.4. The molecule has 0 aliphatic carbocycles. The van der Waals surface area contributed by atoms with Crippen LogP contribution >= 0.6 is 0 Å². The van der Waals surface area contributed by atoms with E-state index in [0.717, 1.165) is 122 Å². The van der Waals surface area contributed by atoms with Gasteiger partial charge in [0.1, 0.15) is 13.2 Å². The standard InChI is InChI=1S/C55H90O6/c1-4-7-10-13-16-19-22-25-26-27-28-31-33-36-39-42-45-48-54(57)60-51-52(61-55(58)49-46-43-40-37-34-30-24-21-18-15-12-9-6-3)50-59-53(56)47-44-41-38-35-32-29-23-20-17-14-11-8-5-2/h8-9,11-12,14-21,23-26,52H,4-7,10,13,22,27-51H2,1-3H3/b11-8-,12-9-,17-14-,18-15-,19-16-,23-20-,24-21-,26-25-. The maximum absolute atomic E-state index is 12.8. The van der Waals surface area contributed by atoms with Crippen molar-refractivity contribution in [1.29, 1.82) is 0 Å². The molecule has 0 rings (SSSR count). The topological polar surface area (TPSA) is 78.9 Å². The number of hydrogen-bond donors (Lipinski definition) is 0. The van der Waals surface area contributed by atoms with Gasteiger partial charge in [-0.2, -0.15) is 0 Å². The molecule has 1 atom stereocenters. The fourth-order valence-corrected chi connectivity index (χ4v) is 6.47. The van der Waals surface area contributed by atoms with Crippen molar-refractivity contribution >= 4 is 17.9 Å². The van der Waals surface area contributed by atoms with Crippen LogP contribution in [0.5, 0.6) is 0 Å². The van der Waals surface area contributed by atoms with Crippen LogP contribution in [0.1, 0.15) is 213 Å². The molecule has 6 heteroatoms. The van der Waals surface area contributed by atoms with Gasteiger partial charge in [-0.25, -0.2) is 0 Å². The van der Waals surface area contributed by atoms with E-state index in [-0.39, 0.29) is 31.1 Å². The van der Waals surface area contributed by atoms with Crippen LogP contribution in [0.15, 0.2) is 97.2 Å². The quantitative estimate of drug-likeness (QED) is 0.0200. The third kappa shape index (κ3) is 47.2. The first-order chi connectivity index (χ1) is 30.0. The van der Waals surface area contributed by atoms with Gasteiger partial charge in [0.05, 0.1) is 0 Å². The molecule has 61 heavy (non-hydrogen) atoms. The second-order valence-corrected chi connectivity index (χ2v) is 16.1. The van der Waals surface area contributed by atoms with Gasteiger partial charge in [-0.3, -0.25) is 14.4 Å². The van der Waals surface area contributed by atoms with Crippen LogP contribution in [0, 0.1) is 0 Å². The molecule has 0 saturated carbocycles. The Balaban J connectivity index is 4.45. The van der Waals surface area contributed by atoms with Crippen molar-refractivity contribution in [3.8, 4) is 0 Å². The summed E-state index contributed by atoms with van der Waals surface area (Å²) < 4.78 is 16.7. The molecule has 0 N–H and O–H groups in total. The van der Waals surface area contributed by atoms with Crippen molar-refractivity contribution in [2.75, 3.05) is 13.2 Å². The van der Waals surface area contributed by atoms with Gasteiger partial charge < -0.3 is 14.2 Å². The lowest BCUT2D eigenvalue weighted by atomic mass is 10.1. The van der Waals surface area contributed by atoms with Crippen molar-refractivity contribution < 1.29 is 28.6 Å². The number of esters is 3. The van der Waals surface area contributed by atoms with E-state index in [1.165, 1.54) is 51.4 Å². The number of ether oxygens (including phenoxy) is 3. The molecule has 346 valence electrons. The lowest BCUT2D eigenvalue weighted by Gasteiger charge is -2.18. The Labute approximate surface area is 375 Å². The monoisotopic (exact) mass is 847 g/mol. The van der Waals surface area contributed by atoms with Crippen LogP contribution in [0.4, 0.5) is 0 Å². The van der Waals surface area contributed by atoms with Crippen LogP contribution < -0.4 is 0 Å². The third-order valence-corrected chi connectivity index (χ3v) is 10.2. The number of carbonyl (C=O) groups excluding carboxylic acids is 3. The first-order valence-electron chi connectivity index (χ1n) is 24.8. The number of unbranched alkanes of at least 4 members (excludes halogenated alkanes) is 20. The number of rotatable bonds is 43. The molecule has 0 aliphatic heterocycles. The molecular weight excluding hydrogens is 757 g/mol. The normalized spacial score (nSPS) is 12.9. The van der Waals surface area contributed by atoms with Crippen molar-refractivity contribution in [1.82, 2.24) is 0 Å². The molecule has 0 radical (unpaired) electrons. The molecule has 0 aromatic heterocycles. The molecule has 1 unspecified atom stereocenters. The largest absolute Gasteiger partial charge is 0.462 e. The minimum Gasteiger partial charge on any atom is -0.462 e. The van der Waals surface area contributed by atoms with Crippen LogP contribution in [0.2, 0.25) is 0 Å². The van der Waals surface area contributed by atoms with E-state index >= 15 is 0 Å². The molecule has 0 spiro atoms. The van der Waals surface area contributed by atoms with Crippen molar-refractivity contribution in [3.63, 3.8) is 0 Å². The van der Waals surface area contributed by atoms with Gasteiger partial charge in [0.25, 0.3) is 0 Å². The Kier molecular flexibility index (Phi) is 46.0. The Hall–Kier alpha value is -3.67. The maximum Gasteiger partial charge on any atom is 0.306 e. The van der Waals surface area contributed by atoms with Crippen molar-refractivity contribution in [2.45, 2.75) is 219 Å². The highest BCUT2D eigenvalue weighted by Gasteiger charge is 2.19. The number of carbonyl (C=O) groups is 3. The fraction of sp³-hybridized carbons (Fsp3) is 0.655. The highest BCUT2D eigenvalue weighted by molar-refractivity contribution is 5.71. The first-order valence-corrected chi connectivity index (χ1v) is 24.8. The summed E-state index contributed by atoms with van der Waals surface area (Å²) in [7, 11) is 0. The van der Waals surface area contributed by atoms with Gasteiger partial charge in [-0.1, -0.05) is 201 Å². The molecule has 0 saturated heterocycles. The van der Waals surface area contributed by atoms with E-state index in [0.29, 0.717) is 19.3 Å². The number of hydrogen-bond acceptors (Lipinski definition) is 6. The highest BCUT2D eigenvalue weighted by atomic mass is 16.6. The van der Waals surface area contributed by atoms with Gasteiger partial charge in [-0.05, 0) is 89.9 Å². The summed E-state index contributed by atoms with van der Waals surface area (Å²) in [5.41, 5.74) is 0. The minimum absolute atomic E-state index is 0.0984. The third-order valence-electron chi connectivity index (χ3n) is 10.2. The maximum atomic E-state index is 12.8. The summed E-state index contributed by atoms with van der Waals surface area (Å²) in [6.07, 6.45) is 63.9. The molecule has 0 aromatic carbocycles. The Morgan fingerprint density at radius 3 is 1.11 bits per heavy atom. The van der Waals surface area contributed by atoms with Gasteiger partial charge in [0, 0.05) is 19.3 Å². The summed E-state index contributed by atoms with van der Waals surface area (Å²) in [4.78, 5) is 37.9. The zero-order valence-electron chi connectivity index (χ0n) is 39.4. The summed E-state index contributed by atoms with van der Waals surface area (Å²) in [6.45, 7) is 6.29. The zero-order chi connectivity index (χ0) is 44.4. The number of allylic oxidation sites excluding steroid dienone is 16. The molecule has 0 aliphatic rings. The average Bonchev–Trinajstić information content (AvgIpc) is 3.26. The van der Waals surface area contributed by atoms with E-state index in [1.54, 1.807) is 0 Å². The van der Waals surface area contributed by atoms with Gasteiger partial charge in [0.2, 0.25) is 0 Å². The van der Waals surface area contributed by atoms with Crippen molar-refractivity contribution in [3.05, 3.63) is 97.2 Å². The van der Waals surface area contributed by atoms with Crippen LogP contribution in [0.3, 0.4) is 0 Å². The summed E-state index contributed by atoms with van der Waals surface area (Å²) >= 11 is 0. The van der Waals surface area contributed by atoms with E-state index in [1.807, 2.05) is 0 Å². The molecule has 0 amide bonds. The molecular formula is C55H90O6. The lowest BCUT2D eigenvalue weighted by Crippen LogP contribution is -2.30. The lowest BCUT2D eigenvalue weighted by molar-refractivity contribution is -0.167. The molecule has 0 fully saturated rings. The van der Waals surface area contributed by atoms with Gasteiger partial charge in [0.15, 0.2) is 6.10 Å². The van der Waals surface area contributed by atoms with Gasteiger partial charge >= 0.3 is 17.9 Å². The van der Waals surface area contributed by atoms with E-state index in [4.69, 9.17) is 14.2 Å². The molecule has 0 heterocycles. The molecule has 0 bridgehead atoms. The first kappa shape index (κ1) is 57.3. The van der Waals surface area contributed by atoms with E-state index < -0.39 is 6.10 Å². The van der Waals surface area contributed by atoms with Crippen LogP contribution in [-0.4, -0.2) is 37.2 Å².